The van der Waals surface area contributed by atoms with Crippen molar-refractivity contribution in [1.29, 1.82) is 0 Å². The largest absolute Gasteiger partial charge is 0.542 e. The third kappa shape index (κ3) is 7.28. The fourth-order valence-corrected chi connectivity index (χ4v) is 5.18. The highest BCUT2D eigenvalue weighted by Crippen LogP contribution is 2.39. The van der Waals surface area contributed by atoms with E-state index in [9.17, 15) is 13.2 Å². The predicted molar refractivity (Wildman–Crippen MR) is 142 cm³/mol. The summed E-state index contributed by atoms with van der Waals surface area (Å²) in [5, 5.41) is 17.6. The van der Waals surface area contributed by atoms with E-state index in [1.807, 2.05) is 24.3 Å². The van der Waals surface area contributed by atoms with Crippen LogP contribution in [-0.4, -0.2) is 42.0 Å². The number of carbonyl (C=O) groups is 1. The van der Waals surface area contributed by atoms with Gasteiger partial charge in [0.15, 0.2) is 0 Å². The van der Waals surface area contributed by atoms with E-state index < -0.39 is 12.1 Å². The van der Waals surface area contributed by atoms with Gasteiger partial charge in [0.05, 0.1) is 25.3 Å². The molecule has 0 spiro atoms. The molecule has 5 nitrogen and oxygen atoms in total. The highest BCUT2D eigenvalue weighted by atomic mass is 35.5. The van der Waals surface area contributed by atoms with Crippen LogP contribution in [0, 0.1) is 0 Å². The zero-order chi connectivity index (χ0) is 27.9. The molecule has 204 valence electrons. The second-order valence-corrected chi connectivity index (χ2v) is 10.1. The molecule has 0 bridgehead atoms. The van der Waals surface area contributed by atoms with Crippen molar-refractivity contribution in [3.05, 3.63) is 113 Å². The average Bonchev–Trinajstić information content (AvgIpc) is 3.44. The van der Waals surface area contributed by atoms with Gasteiger partial charge in [-0.3, -0.25) is 5.10 Å². The first-order chi connectivity index (χ1) is 18.7. The van der Waals surface area contributed by atoms with E-state index in [2.05, 4.69) is 76.9 Å². The summed E-state index contributed by atoms with van der Waals surface area (Å²) in [6.45, 7) is 3.52. The number of carbonyl (C=O) groups excluding carboxylic acids is 1. The maximum absolute atomic E-state index is 10.5. The normalized spacial score (nSPS) is 19.1. The Balaban J connectivity index is 0.000000448. The standard InChI is InChI=1S/C28H28ClN3.C2HF3O2/c29-25-13-11-23(12-14-25)26-21-27(31-30-26)28(24-9-5-2-6-10-24)16-19-32(20-17-28)18-15-22-7-3-1-4-8-22;3-2(4,5)1(6)7/h1-14,21H,15-20H2,(H,30,31);(H,6,7). The summed E-state index contributed by atoms with van der Waals surface area (Å²) >= 11 is 6.08. The van der Waals surface area contributed by atoms with Gasteiger partial charge in [0.1, 0.15) is 5.97 Å². The van der Waals surface area contributed by atoms with E-state index in [1.54, 1.807) is 4.90 Å². The van der Waals surface area contributed by atoms with Gasteiger partial charge >= 0.3 is 6.18 Å². The Hall–Kier alpha value is -3.62. The number of carboxylic acid groups (broad SMARTS) is 1. The number of H-pyrrole nitrogens is 1. The van der Waals surface area contributed by atoms with Crippen LogP contribution in [0.1, 0.15) is 29.7 Å². The number of nitrogens with one attached hydrogen (secondary N) is 2. The van der Waals surface area contributed by atoms with E-state index in [1.165, 1.54) is 23.4 Å². The Morgan fingerprint density at radius 3 is 2.08 bits per heavy atom. The number of aromatic nitrogens is 2. The number of quaternary nitrogens is 1. The summed E-state index contributed by atoms with van der Waals surface area (Å²) in [5.74, 6) is -3.01. The van der Waals surface area contributed by atoms with Crippen LogP contribution >= 0.6 is 11.6 Å². The number of alkyl halides is 3. The van der Waals surface area contributed by atoms with E-state index in [-0.39, 0.29) is 5.41 Å². The smallest absolute Gasteiger partial charge is 0.430 e. The van der Waals surface area contributed by atoms with Crippen LogP contribution in [0.15, 0.2) is 91.0 Å². The van der Waals surface area contributed by atoms with Crippen LogP contribution in [0.3, 0.4) is 0 Å². The molecule has 0 saturated carbocycles. The molecule has 1 fully saturated rings. The minimum Gasteiger partial charge on any atom is -0.542 e. The van der Waals surface area contributed by atoms with Gasteiger partial charge in [-0.05, 0) is 29.3 Å². The molecule has 9 heteroatoms. The number of rotatable bonds is 6. The number of likely N-dealkylation sites (tertiary alicyclic amines) is 1. The Morgan fingerprint density at radius 2 is 1.51 bits per heavy atom. The van der Waals surface area contributed by atoms with Crippen molar-refractivity contribution in [1.82, 2.24) is 10.2 Å². The molecule has 5 rings (SSSR count). The van der Waals surface area contributed by atoms with Crippen molar-refractivity contribution >= 4 is 17.6 Å². The van der Waals surface area contributed by atoms with Gasteiger partial charge in [0.25, 0.3) is 0 Å². The SMILES string of the molecule is Clc1ccc(-c2cc(C3(c4ccccc4)CC[NH+](CCc4ccccc4)CC3)[nH]n2)cc1.O=C([O-])C(F)(F)F. The number of benzene rings is 3. The summed E-state index contributed by atoms with van der Waals surface area (Å²) in [7, 11) is 0. The summed E-state index contributed by atoms with van der Waals surface area (Å²) in [6.07, 6.45) is -1.83. The quantitative estimate of drug-likeness (QED) is 0.374. The fraction of sp³-hybridized carbons (Fsp3) is 0.267. The van der Waals surface area contributed by atoms with Crippen molar-refractivity contribution in [2.45, 2.75) is 30.9 Å². The zero-order valence-electron chi connectivity index (χ0n) is 21.2. The van der Waals surface area contributed by atoms with Crippen molar-refractivity contribution in [2.24, 2.45) is 0 Å². The molecule has 2 heterocycles. The van der Waals surface area contributed by atoms with Crippen LogP contribution in [0.25, 0.3) is 11.3 Å². The van der Waals surface area contributed by atoms with Gasteiger partial charge in [-0.1, -0.05) is 84.4 Å². The Morgan fingerprint density at radius 1 is 0.949 bits per heavy atom. The molecule has 4 aromatic rings. The lowest BCUT2D eigenvalue weighted by Crippen LogP contribution is -3.13. The van der Waals surface area contributed by atoms with Crippen LogP contribution in [0.5, 0.6) is 0 Å². The van der Waals surface area contributed by atoms with E-state index >= 15 is 0 Å². The van der Waals surface area contributed by atoms with Gasteiger partial charge in [0.2, 0.25) is 0 Å². The number of piperidine rings is 1. The third-order valence-electron chi connectivity index (χ3n) is 7.21. The molecule has 0 amide bonds. The van der Waals surface area contributed by atoms with Gasteiger partial charge in [-0.25, -0.2) is 0 Å². The molecule has 1 aliphatic rings. The maximum atomic E-state index is 10.5. The molecule has 39 heavy (non-hydrogen) atoms. The lowest BCUT2D eigenvalue weighted by Gasteiger charge is -2.39. The number of aliphatic carboxylic acids is 1. The first kappa shape index (κ1) is 28.4. The van der Waals surface area contributed by atoms with E-state index in [0.29, 0.717) is 0 Å². The monoisotopic (exact) mass is 555 g/mol. The van der Waals surface area contributed by atoms with Crippen LogP contribution in [0.4, 0.5) is 13.2 Å². The number of hydrogen-bond donors (Lipinski definition) is 2. The second kappa shape index (κ2) is 12.5. The Kier molecular flexibility index (Phi) is 9.09. The molecule has 2 N–H and O–H groups in total. The third-order valence-corrected chi connectivity index (χ3v) is 7.46. The van der Waals surface area contributed by atoms with Crippen LogP contribution in [0.2, 0.25) is 5.02 Å². The topological polar surface area (TPSA) is 73.2 Å². The molecular weight excluding hydrogens is 527 g/mol. The van der Waals surface area contributed by atoms with E-state index in [0.717, 1.165) is 48.6 Å². The number of halogens is 4. The van der Waals surface area contributed by atoms with Crippen molar-refractivity contribution in [2.75, 3.05) is 19.6 Å². The summed E-state index contributed by atoms with van der Waals surface area (Å²) in [6, 6.07) is 32.0. The summed E-state index contributed by atoms with van der Waals surface area (Å²) in [5.41, 5.74) is 6.08. The minimum absolute atomic E-state index is 0.0187. The molecular formula is C30H29ClF3N3O2. The summed E-state index contributed by atoms with van der Waals surface area (Å²) < 4.78 is 31.5. The highest BCUT2D eigenvalue weighted by Gasteiger charge is 2.41. The zero-order valence-corrected chi connectivity index (χ0v) is 21.9. The highest BCUT2D eigenvalue weighted by molar-refractivity contribution is 6.30. The predicted octanol–water partition coefficient (Wildman–Crippen LogP) is 4.24. The Labute approximate surface area is 230 Å². The lowest BCUT2D eigenvalue weighted by molar-refractivity contribution is -0.906. The van der Waals surface area contributed by atoms with Gasteiger partial charge in [-0.2, -0.15) is 18.3 Å². The van der Waals surface area contributed by atoms with Crippen LogP contribution in [-0.2, 0) is 16.6 Å². The maximum Gasteiger partial charge on any atom is 0.430 e. The molecule has 0 aliphatic carbocycles. The van der Waals surface area contributed by atoms with Crippen molar-refractivity contribution in [3.8, 4) is 11.3 Å². The van der Waals surface area contributed by atoms with Gasteiger partial charge in [0, 0.05) is 41.0 Å². The molecule has 0 radical (unpaired) electrons. The average molecular weight is 556 g/mol. The number of carboxylic acids is 1. The molecule has 1 saturated heterocycles. The van der Waals surface area contributed by atoms with Crippen molar-refractivity contribution in [3.63, 3.8) is 0 Å². The van der Waals surface area contributed by atoms with Crippen LogP contribution < -0.4 is 10.0 Å². The Bertz CT molecular complexity index is 1340. The second-order valence-electron chi connectivity index (χ2n) is 9.64. The number of aromatic amines is 1. The summed E-state index contributed by atoms with van der Waals surface area (Å²) in [4.78, 5) is 10.5. The lowest BCUT2D eigenvalue weighted by atomic mass is 9.70. The first-order valence-corrected chi connectivity index (χ1v) is 13.1. The first-order valence-electron chi connectivity index (χ1n) is 12.7. The van der Waals surface area contributed by atoms with Crippen molar-refractivity contribution < 1.29 is 28.0 Å². The number of hydrogen-bond acceptors (Lipinski definition) is 3. The minimum atomic E-state index is -5.19. The van der Waals surface area contributed by atoms with E-state index in [4.69, 9.17) is 21.5 Å². The number of nitrogens with zero attached hydrogens (tertiary/aromatic N) is 1. The molecule has 1 aliphatic heterocycles. The van der Waals surface area contributed by atoms with Gasteiger partial charge < -0.3 is 14.8 Å². The molecule has 0 atom stereocenters. The van der Waals surface area contributed by atoms with Gasteiger partial charge in [-0.15, -0.1) is 0 Å². The molecule has 1 aromatic heterocycles. The molecule has 0 unspecified atom stereocenters. The molecule has 3 aromatic carbocycles. The fourth-order valence-electron chi connectivity index (χ4n) is 5.05.